The molecule has 2 N–H and O–H groups in total. The number of hydrogen-bond donors (Lipinski definition) is 2. The Morgan fingerprint density at radius 2 is 1.47 bits per heavy atom. The highest BCUT2D eigenvalue weighted by molar-refractivity contribution is 5.92. The molecule has 0 aromatic heterocycles. The first-order valence-corrected chi connectivity index (χ1v) is 14.3. The van der Waals surface area contributed by atoms with Gasteiger partial charge in [-0.3, -0.25) is 9.59 Å². The second-order valence-corrected chi connectivity index (χ2v) is 12.2. The fraction of sp³-hybridized carbons (Fsp3) is 0.710. The molecule has 0 aliphatic rings. The van der Waals surface area contributed by atoms with Crippen molar-refractivity contribution in [3.63, 3.8) is 0 Å². The minimum atomic E-state index is -0.833. The molecule has 1 aromatic carbocycles. The number of aryl methyl sites for hydroxylation is 1. The Kier molecular flexibility index (Phi) is 13.3. The van der Waals surface area contributed by atoms with Gasteiger partial charge in [-0.05, 0) is 83.8 Å². The maximum Gasteiger partial charge on any atom is 0.408 e. The number of alkyl carbamates (subject to hydrolysis) is 1. The first-order valence-electron chi connectivity index (χ1n) is 14.3. The van der Waals surface area contributed by atoms with E-state index in [2.05, 4.69) is 31.4 Å². The van der Waals surface area contributed by atoms with Gasteiger partial charge in [-0.2, -0.15) is 0 Å². The number of carbonyl (C=O) groups excluding carboxylic acids is 3. The SMILES string of the molecule is CCc1ccc(C(C(=O)NC(C)C)N(C(=O)C(NC(=O)OC(C)(C)C)C(C)CC)C(C)CCC(C)C)cc1. The van der Waals surface area contributed by atoms with Crippen LogP contribution in [-0.4, -0.2) is 46.5 Å². The number of ether oxygens (including phenoxy) is 1. The van der Waals surface area contributed by atoms with Crippen molar-refractivity contribution in [2.45, 2.75) is 132 Å². The maximum atomic E-state index is 14.4. The number of hydrogen-bond acceptors (Lipinski definition) is 4. The van der Waals surface area contributed by atoms with Crippen LogP contribution >= 0.6 is 0 Å². The summed E-state index contributed by atoms with van der Waals surface area (Å²) in [5.74, 6) is -0.211. The first-order chi connectivity index (χ1) is 17.6. The molecule has 4 unspecified atom stereocenters. The van der Waals surface area contributed by atoms with E-state index in [4.69, 9.17) is 4.74 Å². The van der Waals surface area contributed by atoms with Gasteiger partial charge in [-0.15, -0.1) is 0 Å². The smallest absolute Gasteiger partial charge is 0.408 e. The lowest BCUT2D eigenvalue weighted by molar-refractivity contribution is -0.146. The van der Waals surface area contributed by atoms with E-state index in [1.165, 1.54) is 0 Å². The molecule has 7 nitrogen and oxygen atoms in total. The number of carbonyl (C=O) groups is 3. The predicted octanol–water partition coefficient (Wildman–Crippen LogP) is 6.41. The zero-order valence-electron chi connectivity index (χ0n) is 25.7. The molecule has 0 radical (unpaired) electrons. The molecule has 216 valence electrons. The van der Waals surface area contributed by atoms with E-state index < -0.39 is 23.8 Å². The van der Waals surface area contributed by atoms with Crippen LogP contribution in [0.4, 0.5) is 4.79 Å². The van der Waals surface area contributed by atoms with Crippen LogP contribution in [0.1, 0.15) is 113 Å². The summed E-state index contributed by atoms with van der Waals surface area (Å²) in [5.41, 5.74) is 1.22. The van der Waals surface area contributed by atoms with Gasteiger partial charge in [-0.25, -0.2) is 4.79 Å². The lowest BCUT2D eigenvalue weighted by Gasteiger charge is -2.40. The molecule has 38 heavy (non-hydrogen) atoms. The fourth-order valence-corrected chi connectivity index (χ4v) is 4.33. The summed E-state index contributed by atoms with van der Waals surface area (Å²) in [6.45, 7) is 21.5. The van der Waals surface area contributed by atoms with Crippen molar-refractivity contribution in [2.24, 2.45) is 11.8 Å². The lowest BCUT2D eigenvalue weighted by Crippen LogP contribution is -2.57. The van der Waals surface area contributed by atoms with Gasteiger partial charge in [0.25, 0.3) is 0 Å². The van der Waals surface area contributed by atoms with E-state index in [1.807, 2.05) is 58.9 Å². The van der Waals surface area contributed by atoms with Crippen molar-refractivity contribution < 1.29 is 19.1 Å². The molecule has 0 aliphatic carbocycles. The number of benzene rings is 1. The Hall–Kier alpha value is -2.57. The number of amides is 3. The molecule has 1 aromatic rings. The van der Waals surface area contributed by atoms with Crippen molar-refractivity contribution in [1.29, 1.82) is 0 Å². The van der Waals surface area contributed by atoms with Crippen molar-refractivity contribution in [3.05, 3.63) is 35.4 Å². The second-order valence-electron chi connectivity index (χ2n) is 12.2. The van der Waals surface area contributed by atoms with E-state index in [-0.39, 0.29) is 29.8 Å². The molecule has 0 spiro atoms. The van der Waals surface area contributed by atoms with E-state index >= 15 is 0 Å². The van der Waals surface area contributed by atoms with Gasteiger partial charge in [0.15, 0.2) is 0 Å². The zero-order chi connectivity index (χ0) is 29.2. The van der Waals surface area contributed by atoms with Crippen LogP contribution in [0.3, 0.4) is 0 Å². The third kappa shape index (κ3) is 10.7. The Bertz CT molecular complexity index is 889. The van der Waals surface area contributed by atoms with Crippen LogP contribution in [0.5, 0.6) is 0 Å². The fourth-order valence-electron chi connectivity index (χ4n) is 4.33. The Morgan fingerprint density at radius 1 is 0.895 bits per heavy atom. The Labute approximate surface area is 231 Å². The van der Waals surface area contributed by atoms with E-state index in [1.54, 1.807) is 25.7 Å². The second kappa shape index (κ2) is 15.1. The molecule has 0 bridgehead atoms. The standard InChI is InChI=1S/C31H53N3O4/c1-12-22(7)26(33-30(37)38-31(9,10)11)29(36)34(23(8)15-14-20(3)4)27(28(35)32-21(5)6)25-18-16-24(13-2)17-19-25/h16-23,26-27H,12-15H2,1-11H3,(H,32,35)(H,33,37). The molecule has 3 amide bonds. The molecule has 0 saturated carbocycles. The Morgan fingerprint density at radius 3 is 1.92 bits per heavy atom. The third-order valence-electron chi connectivity index (χ3n) is 6.70. The summed E-state index contributed by atoms with van der Waals surface area (Å²) >= 11 is 0. The summed E-state index contributed by atoms with van der Waals surface area (Å²) in [6.07, 6.45) is 2.57. The maximum absolute atomic E-state index is 14.4. The van der Waals surface area contributed by atoms with Crippen LogP contribution in [-0.2, 0) is 20.7 Å². The van der Waals surface area contributed by atoms with Crippen LogP contribution < -0.4 is 10.6 Å². The number of nitrogens with one attached hydrogen (secondary N) is 2. The molecule has 4 atom stereocenters. The van der Waals surface area contributed by atoms with Gasteiger partial charge in [0, 0.05) is 12.1 Å². The van der Waals surface area contributed by atoms with Gasteiger partial charge in [0.2, 0.25) is 11.8 Å². The van der Waals surface area contributed by atoms with Crippen LogP contribution in [0.15, 0.2) is 24.3 Å². The molecular weight excluding hydrogens is 478 g/mol. The van der Waals surface area contributed by atoms with Crippen molar-refractivity contribution in [1.82, 2.24) is 15.5 Å². The van der Waals surface area contributed by atoms with Gasteiger partial charge >= 0.3 is 6.09 Å². The van der Waals surface area contributed by atoms with Crippen LogP contribution in [0.25, 0.3) is 0 Å². The molecule has 0 fully saturated rings. The van der Waals surface area contributed by atoms with Crippen LogP contribution in [0.2, 0.25) is 0 Å². The normalized spacial score (nSPS) is 15.0. The molecular formula is C31H53N3O4. The molecule has 0 heterocycles. The minimum Gasteiger partial charge on any atom is -0.444 e. The van der Waals surface area contributed by atoms with Crippen molar-refractivity contribution in [3.8, 4) is 0 Å². The topological polar surface area (TPSA) is 87.7 Å². The summed E-state index contributed by atoms with van der Waals surface area (Å²) in [7, 11) is 0. The highest BCUT2D eigenvalue weighted by Gasteiger charge is 2.40. The van der Waals surface area contributed by atoms with Gasteiger partial charge in [0.1, 0.15) is 17.7 Å². The average Bonchev–Trinajstić information content (AvgIpc) is 2.81. The van der Waals surface area contributed by atoms with Crippen molar-refractivity contribution >= 4 is 17.9 Å². The van der Waals surface area contributed by atoms with Crippen LogP contribution in [0, 0.1) is 11.8 Å². The van der Waals surface area contributed by atoms with E-state index in [0.717, 1.165) is 30.4 Å². The van der Waals surface area contributed by atoms with Gasteiger partial charge < -0.3 is 20.3 Å². The molecule has 7 heteroatoms. The summed E-state index contributed by atoms with van der Waals surface area (Å²) in [6, 6.07) is 5.93. The average molecular weight is 532 g/mol. The lowest BCUT2D eigenvalue weighted by atomic mass is 9.93. The molecule has 1 rings (SSSR count). The molecule has 0 aliphatic heterocycles. The predicted molar refractivity (Wildman–Crippen MR) is 155 cm³/mol. The third-order valence-corrected chi connectivity index (χ3v) is 6.70. The minimum absolute atomic E-state index is 0.0897. The zero-order valence-corrected chi connectivity index (χ0v) is 25.7. The van der Waals surface area contributed by atoms with Gasteiger partial charge in [-0.1, -0.05) is 65.3 Å². The number of nitrogens with zero attached hydrogens (tertiary/aromatic N) is 1. The van der Waals surface area contributed by atoms with Crippen molar-refractivity contribution in [2.75, 3.05) is 0 Å². The highest BCUT2D eigenvalue weighted by atomic mass is 16.6. The summed E-state index contributed by atoms with van der Waals surface area (Å²) in [5, 5.41) is 5.88. The van der Waals surface area contributed by atoms with Gasteiger partial charge in [0.05, 0.1) is 0 Å². The number of rotatable bonds is 13. The molecule has 0 saturated heterocycles. The summed E-state index contributed by atoms with van der Waals surface area (Å²) < 4.78 is 5.50. The van der Waals surface area contributed by atoms with E-state index in [9.17, 15) is 14.4 Å². The highest BCUT2D eigenvalue weighted by Crippen LogP contribution is 2.29. The Balaban J connectivity index is 3.65. The largest absolute Gasteiger partial charge is 0.444 e. The monoisotopic (exact) mass is 531 g/mol. The van der Waals surface area contributed by atoms with E-state index in [0.29, 0.717) is 12.3 Å². The quantitative estimate of drug-likeness (QED) is 0.308. The first kappa shape index (κ1) is 33.5. The summed E-state index contributed by atoms with van der Waals surface area (Å²) in [4.78, 5) is 42.7.